The smallest absolute Gasteiger partial charge is 0.334 e. The summed E-state index contributed by atoms with van der Waals surface area (Å²) in [4.78, 5) is 77.4. The van der Waals surface area contributed by atoms with E-state index in [0.717, 1.165) is 112 Å². The lowest BCUT2D eigenvalue weighted by molar-refractivity contribution is -0.140. The molecule has 0 spiro atoms. The lowest BCUT2D eigenvalue weighted by atomic mass is 9.78. The summed E-state index contributed by atoms with van der Waals surface area (Å²) < 4.78 is 0. The Balaban J connectivity index is 1.18. The van der Waals surface area contributed by atoms with E-state index < -0.39 is 40.6 Å². The van der Waals surface area contributed by atoms with Gasteiger partial charge < -0.3 is 20.0 Å². The fourth-order valence-electron chi connectivity index (χ4n) is 13.1. The fraction of sp³-hybridized carbons (Fsp3) is 0.417. The average Bonchev–Trinajstić information content (AvgIpc) is 3.72. The van der Waals surface area contributed by atoms with Crippen molar-refractivity contribution < 1.29 is 34.2 Å². The molecule has 0 bridgehead atoms. The van der Waals surface area contributed by atoms with Gasteiger partial charge >= 0.3 is 18.0 Å². The molecule has 368 valence electrons. The molecule has 6 aliphatic rings. The van der Waals surface area contributed by atoms with Crippen molar-refractivity contribution in [3.05, 3.63) is 142 Å². The molecule has 3 aliphatic heterocycles. The molecule has 4 fully saturated rings. The molecule has 3 heterocycles. The summed E-state index contributed by atoms with van der Waals surface area (Å²) in [5.41, 5.74) is 7.07. The van der Waals surface area contributed by atoms with Crippen LogP contribution >= 0.6 is 0 Å². The summed E-state index contributed by atoms with van der Waals surface area (Å²) in [5.74, 6) is -2.84. The van der Waals surface area contributed by atoms with Gasteiger partial charge in [-0.15, -0.1) is 0 Å². The highest BCUT2D eigenvalue weighted by Gasteiger charge is 2.50. The van der Waals surface area contributed by atoms with Gasteiger partial charge in [0, 0.05) is 58.8 Å². The third-order valence-corrected chi connectivity index (χ3v) is 16.4. The largest absolute Gasteiger partial charge is 0.481 e. The van der Waals surface area contributed by atoms with Gasteiger partial charge in [-0.2, -0.15) is 0 Å². The van der Waals surface area contributed by atoms with Crippen molar-refractivity contribution in [1.82, 2.24) is 9.80 Å². The van der Waals surface area contributed by atoms with Gasteiger partial charge in [-0.1, -0.05) is 139 Å². The van der Waals surface area contributed by atoms with E-state index in [1.54, 1.807) is 0 Å². The number of aliphatic carboxylic acids is 2. The van der Waals surface area contributed by atoms with Crippen LogP contribution in [-0.4, -0.2) is 75.0 Å². The molecule has 0 atom stereocenters. The van der Waals surface area contributed by atoms with Crippen molar-refractivity contribution in [3.63, 3.8) is 0 Å². The zero-order chi connectivity index (χ0) is 49.8. The van der Waals surface area contributed by atoms with Crippen molar-refractivity contribution in [2.24, 2.45) is 0 Å². The number of hydrogen-bond acceptors (Lipinski definition) is 7. The quantitative estimate of drug-likeness (QED) is 0.117. The van der Waals surface area contributed by atoms with Crippen LogP contribution in [0.3, 0.4) is 0 Å². The number of carbonyl (C=O) groups excluding carboxylic acids is 3. The standard InChI is InChI=1S/C60H66N4O7/c1-59(2)48(61(36-34-50(65)66)46-30-26-38-16-11-13-24-44(38)54(46)59)32-28-40-18-15-19-41(29-33-49-60(3,4)55-45-25-14-12-17-39(45)27-31-47(55)62(49)37-35-51(67)68)52(40)53-56(69)63(42-20-7-5-8-21-42)58(71)64(57(53)70)43-22-9-6-10-23-43/h11-14,16-17,24-33,42-43H,5-10,15,18-23,34-37H2,1-4H3,(H,65,66)(H,67,68)/b40-28+,41-29+,48-32-,49-33?. The molecule has 4 aromatic carbocycles. The Bertz CT molecular complexity index is 2830. The number of carboxylic acids is 2. The number of imide groups is 2. The van der Waals surface area contributed by atoms with E-state index in [4.69, 9.17) is 0 Å². The number of allylic oxidation sites excluding steroid dienone is 9. The summed E-state index contributed by atoms with van der Waals surface area (Å²) in [7, 11) is 0. The number of benzene rings is 4. The predicted octanol–water partition coefficient (Wildman–Crippen LogP) is 12.4. The second-order valence-electron chi connectivity index (χ2n) is 21.5. The van der Waals surface area contributed by atoms with Gasteiger partial charge in [-0.3, -0.25) is 29.0 Å². The third kappa shape index (κ3) is 8.48. The first-order valence-corrected chi connectivity index (χ1v) is 26.0. The van der Waals surface area contributed by atoms with Gasteiger partial charge in [-0.05, 0) is 119 Å². The van der Waals surface area contributed by atoms with Crippen molar-refractivity contribution in [1.29, 1.82) is 0 Å². The van der Waals surface area contributed by atoms with Crippen molar-refractivity contribution in [2.75, 3.05) is 22.9 Å². The van der Waals surface area contributed by atoms with Crippen molar-refractivity contribution in [3.8, 4) is 0 Å². The van der Waals surface area contributed by atoms with Crippen LogP contribution in [0.4, 0.5) is 16.2 Å². The normalized spacial score (nSPS) is 23.1. The predicted molar refractivity (Wildman–Crippen MR) is 279 cm³/mol. The monoisotopic (exact) mass is 954 g/mol. The molecule has 3 aliphatic carbocycles. The molecule has 0 unspecified atom stereocenters. The summed E-state index contributed by atoms with van der Waals surface area (Å²) in [6.45, 7) is 9.20. The van der Waals surface area contributed by atoms with E-state index in [9.17, 15) is 24.6 Å². The molecule has 1 saturated heterocycles. The molecule has 10 rings (SSSR count). The number of anilines is 2. The molecular formula is C60H66N4O7. The van der Waals surface area contributed by atoms with Gasteiger partial charge in [0.2, 0.25) is 0 Å². The zero-order valence-electron chi connectivity index (χ0n) is 41.6. The van der Waals surface area contributed by atoms with Gasteiger partial charge in [0.15, 0.2) is 0 Å². The third-order valence-electron chi connectivity index (χ3n) is 16.4. The summed E-state index contributed by atoms with van der Waals surface area (Å²) in [5, 5.41) is 24.3. The number of barbiturate groups is 1. The molecule has 4 aromatic rings. The highest BCUT2D eigenvalue weighted by atomic mass is 16.4. The van der Waals surface area contributed by atoms with Crippen molar-refractivity contribution in [2.45, 2.75) is 147 Å². The maximum Gasteiger partial charge on any atom is 0.334 e. The average molecular weight is 955 g/mol. The lowest BCUT2D eigenvalue weighted by Crippen LogP contribution is -2.62. The molecule has 0 radical (unpaired) electrons. The maximum atomic E-state index is 15.5. The lowest BCUT2D eigenvalue weighted by Gasteiger charge is -2.44. The Kier molecular flexibility index (Phi) is 12.9. The number of urea groups is 1. The summed E-state index contributed by atoms with van der Waals surface area (Å²) in [6.07, 6.45) is 18.4. The Labute approximate surface area is 416 Å². The Morgan fingerprint density at radius 3 is 1.35 bits per heavy atom. The highest BCUT2D eigenvalue weighted by molar-refractivity contribution is 6.30. The van der Waals surface area contributed by atoms with Crippen molar-refractivity contribution >= 4 is 62.7 Å². The van der Waals surface area contributed by atoms with E-state index in [0.29, 0.717) is 44.1 Å². The highest BCUT2D eigenvalue weighted by Crippen LogP contribution is 2.53. The van der Waals surface area contributed by atoms with Gasteiger partial charge in [0.05, 0.1) is 12.8 Å². The van der Waals surface area contributed by atoms with Gasteiger partial charge in [0.25, 0.3) is 11.8 Å². The minimum absolute atomic E-state index is 0.0418. The Hall–Kier alpha value is -6.75. The van der Waals surface area contributed by atoms with Gasteiger partial charge in [0.1, 0.15) is 5.57 Å². The fourth-order valence-corrected chi connectivity index (χ4v) is 13.1. The molecule has 4 amide bonds. The second-order valence-corrected chi connectivity index (χ2v) is 21.5. The van der Waals surface area contributed by atoms with E-state index in [2.05, 4.69) is 110 Å². The molecule has 11 nitrogen and oxygen atoms in total. The van der Waals surface area contributed by atoms with Crippen LogP contribution in [0.5, 0.6) is 0 Å². The Morgan fingerprint density at radius 2 is 0.944 bits per heavy atom. The number of carbonyl (C=O) groups is 5. The number of hydrogen-bond donors (Lipinski definition) is 2. The van der Waals surface area contributed by atoms with Crippen LogP contribution < -0.4 is 9.80 Å². The number of amides is 4. The van der Waals surface area contributed by atoms with Crippen LogP contribution in [-0.2, 0) is 30.0 Å². The summed E-state index contributed by atoms with van der Waals surface area (Å²) in [6, 6.07) is 23.8. The molecule has 2 N–H and O–H groups in total. The van der Waals surface area contributed by atoms with Crippen LogP contribution in [0.25, 0.3) is 21.5 Å². The molecule has 3 saturated carbocycles. The SMILES string of the molecule is CC1(C)C(=C/C=C2\CCC/C(=C\C=C3/N(CCC(=O)O)c4ccc5ccccc5c4C3(C)C)C2=C2C(=O)N(C3CCCCC3)C(=O)N(C3CCCCC3)C2=O)N(CCC(=O)O)c2ccc3ccccc3c21. The maximum absolute atomic E-state index is 15.5. The van der Waals surface area contributed by atoms with Gasteiger partial charge in [-0.25, -0.2) is 4.79 Å². The second kappa shape index (κ2) is 19.1. The van der Waals surface area contributed by atoms with Crippen LogP contribution in [0.2, 0.25) is 0 Å². The first-order valence-electron chi connectivity index (χ1n) is 26.0. The van der Waals surface area contributed by atoms with E-state index in [1.165, 1.54) is 9.80 Å². The number of nitrogens with zero attached hydrogens (tertiary/aromatic N) is 4. The molecule has 71 heavy (non-hydrogen) atoms. The molecule has 11 heteroatoms. The van der Waals surface area contributed by atoms with Crippen LogP contribution in [0.15, 0.2) is 131 Å². The number of fused-ring (bicyclic) bond motifs is 6. The number of carboxylic acid groups (broad SMARTS) is 2. The first-order chi connectivity index (χ1) is 34.2. The summed E-state index contributed by atoms with van der Waals surface area (Å²) >= 11 is 0. The van der Waals surface area contributed by atoms with E-state index in [1.807, 2.05) is 24.3 Å². The van der Waals surface area contributed by atoms with E-state index >= 15 is 9.59 Å². The minimum Gasteiger partial charge on any atom is -0.481 e. The van der Waals surface area contributed by atoms with Crippen LogP contribution in [0, 0.1) is 0 Å². The Morgan fingerprint density at radius 1 is 0.535 bits per heavy atom. The van der Waals surface area contributed by atoms with Crippen LogP contribution in [0.1, 0.15) is 135 Å². The van der Waals surface area contributed by atoms with E-state index in [-0.39, 0.29) is 43.6 Å². The first kappa shape index (κ1) is 47.9. The molecule has 0 aromatic heterocycles. The minimum atomic E-state index is -0.893. The molecular weight excluding hydrogens is 889 g/mol. The number of rotatable bonds is 10. The zero-order valence-corrected chi connectivity index (χ0v) is 41.6. The topological polar surface area (TPSA) is 139 Å².